The van der Waals surface area contributed by atoms with E-state index in [0.29, 0.717) is 21.9 Å². The number of rotatable bonds is 3. The van der Waals surface area contributed by atoms with E-state index in [-0.39, 0.29) is 5.91 Å². The molecule has 110 valence electrons. The molecule has 3 aromatic rings. The first-order valence-electron chi connectivity index (χ1n) is 6.73. The molecule has 0 spiro atoms. The van der Waals surface area contributed by atoms with E-state index in [2.05, 4.69) is 11.6 Å². The third-order valence-electron chi connectivity index (χ3n) is 3.20. The molecule has 0 unspecified atom stereocenters. The average molecular weight is 329 g/mol. The molecule has 5 heteroatoms. The van der Waals surface area contributed by atoms with Gasteiger partial charge in [0.25, 0.3) is 5.91 Å². The molecule has 0 aliphatic heterocycles. The van der Waals surface area contributed by atoms with Crippen LogP contribution < -0.4 is 4.80 Å². The molecule has 0 N–H and O–H groups in total. The highest BCUT2D eigenvalue weighted by Crippen LogP contribution is 2.18. The summed E-state index contributed by atoms with van der Waals surface area (Å²) in [5.41, 5.74) is 1.45. The summed E-state index contributed by atoms with van der Waals surface area (Å²) < 4.78 is 3.05. The van der Waals surface area contributed by atoms with Gasteiger partial charge in [0.2, 0.25) is 0 Å². The van der Waals surface area contributed by atoms with Crippen molar-refractivity contribution in [1.82, 2.24) is 4.57 Å². The Morgan fingerprint density at radius 1 is 1.23 bits per heavy atom. The lowest BCUT2D eigenvalue weighted by Gasteiger charge is -2.01. The number of hydrogen-bond acceptors (Lipinski definition) is 2. The standard InChI is InChI=1S/C17H13ClN2OS/c1-2-11-20-14-9-5-6-10-15(14)22-17(20)19-16(21)12-7-3-4-8-13(12)18/h2-10H,1,11H2. The van der Waals surface area contributed by atoms with Gasteiger partial charge in [-0.15, -0.1) is 6.58 Å². The molecule has 0 radical (unpaired) electrons. The van der Waals surface area contributed by atoms with E-state index in [9.17, 15) is 4.79 Å². The molecule has 3 nitrogen and oxygen atoms in total. The first kappa shape index (κ1) is 14.8. The van der Waals surface area contributed by atoms with E-state index in [1.165, 1.54) is 11.3 Å². The van der Waals surface area contributed by atoms with Crippen LogP contribution >= 0.6 is 22.9 Å². The van der Waals surface area contributed by atoms with Gasteiger partial charge in [-0.25, -0.2) is 0 Å². The average Bonchev–Trinajstić information content (AvgIpc) is 2.86. The summed E-state index contributed by atoms with van der Waals surface area (Å²) >= 11 is 7.54. The van der Waals surface area contributed by atoms with Crippen LogP contribution in [0.4, 0.5) is 0 Å². The van der Waals surface area contributed by atoms with Crippen LogP contribution in [0.15, 0.2) is 66.2 Å². The van der Waals surface area contributed by atoms with Crippen LogP contribution in [-0.2, 0) is 6.54 Å². The number of halogens is 1. The van der Waals surface area contributed by atoms with Crippen molar-refractivity contribution in [3.05, 3.63) is 76.6 Å². The Morgan fingerprint density at radius 2 is 1.95 bits per heavy atom. The van der Waals surface area contributed by atoms with E-state index < -0.39 is 0 Å². The van der Waals surface area contributed by atoms with Gasteiger partial charge in [-0.1, -0.05) is 53.3 Å². The second-order valence-corrected chi connectivity index (χ2v) is 6.06. The van der Waals surface area contributed by atoms with Crippen LogP contribution in [0, 0.1) is 0 Å². The van der Waals surface area contributed by atoms with Crippen molar-refractivity contribution in [3.8, 4) is 0 Å². The molecular weight excluding hydrogens is 316 g/mol. The third kappa shape index (κ3) is 2.75. The van der Waals surface area contributed by atoms with E-state index >= 15 is 0 Å². The highest BCUT2D eigenvalue weighted by atomic mass is 35.5. The number of carbonyl (C=O) groups excluding carboxylic acids is 1. The van der Waals surface area contributed by atoms with Crippen molar-refractivity contribution in [3.63, 3.8) is 0 Å². The molecule has 0 bridgehead atoms. The summed E-state index contributed by atoms with van der Waals surface area (Å²) in [6.07, 6.45) is 1.79. The third-order valence-corrected chi connectivity index (χ3v) is 4.59. The van der Waals surface area contributed by atoms with Crippen molar-refractivity contribution in [1.29, 1.82) is 0 Å². The number of allylic oxidation sites excluding steroid dienone is 1. The zero-order chi connectivity index (χ0) is 15.5. The summed E-state index contributed by atoms with van der Waals surface area (Å²) in [4.78, 5) is 17.3. The Balaban J connectivity index is 2.16. The topological polar surface area (TPSA) is 34.4 Å². The Morgan fingerprint density at radius 3 is 2.73 bits per heavy atom. The normalized spacial score (nSPS) is 11.8. The quantitative estimate of drug-likeness (QED) is 0.661. The molecule has 1 aromatic heterocycles. The van der Waals surface area contributed by atoms with Crippen LogP contribution in [0.2, 0.25) is 5.02 Å². The zero-order valence-corrected chi connectivity index (χ0v) is 13.3. The number of fused-ring (bicyclic) bond motifs is 1. The summed E-state index contributed by atoms with van der Waals surface area (Å²) in [6.45, 7) is 4.37. The van der Waals surface area contributed by atoms with Crippen molar-refractivity contribution in [2.75, 3.05) is 0 Å². The van der Waals surface area contributed by atoms with Gasteiger partial charge in [-0.3, -0.25) is 4.79 Å². The molecule has 0 aliphatic carbocycles. The van der Waals surface area contributed by atoms with Gasteiger partial charge in [0.1, 0.15) is 0 Å². The molecule has 1 heterocycles. The number of benzene rings is 2. The predicted molar refractivity (Wildman–Crippen MR) is 91.4 cm³/mol. The van der Waals surface area contributed by atoms with Gasteiger partial charge < -0.3 is 4.57 Å². The number of nitrogens with zero attached hydrogens (tertiary/aromatic N) is 2. The summed E-state index contributed by atoms with van der Waals surface area (Å²) in [6, 6.07) is 14.9. The number of aromatic nitrogens is 1. The van der Waals surface area contributed by atoms with Gasteiger partial charge in [0.05, 0.1) is 20.8 Å². The van der Waals surface area contributed by atoms with Crippen LogP contribution in [0.5, 0.6) is 0 Å². The SMILES string of the molecule is C=CCn1c(=NC(=O)c2ccccc2Cl)sc2ccccc21. The Bertz CT molecular complexity index is 924. The Kier molecular flexibility index (Phi) is 4.22. The van der Waals surface area contributed by atoms with E-state index in [1.807, 2.05) is 28.8 Å². The fourth-order valence-corrected chi connectivity index (χ4v) is 3.45. The fourth-order valence-electron chi connectivity index (χ4n) is 2.19. The minimum atomic E-state index is -0.338. The van der Waals surface area contributed by atoms with Crippen LogP contribution in [-0.4, -0.2) is 10.5 Å². The van der Waals surface area contributed by atoms with E-state index in [0.717, 1.165) is 10.2 Å². The number of hydrogen-bond donors (Lipinski definition) is 0. The second-order valence-electron chi connectivity index (χ2n) is 4.65. The van der Waals surface area contributed by atoms with E-state index in [1.54, 1.807) is 30.3 Å². The van der Waals surface area contributed by atoms with Gasteiger partial charge >= 0.3 is 0 Å². The molecular formula is C17H13ClN2OS. The summed E-state index contributed by atoms with van der Waals surface area (Å²) in [5, 5.41) is 0.410. The van der Waals surface area contributed by atoms with Crippen molar-refractivity contribution in [2.45, 2.75) is 6.54 Å². The molecule has 0 saturated carbocycles. The molecule has 1 amide bonds. The van der Waals surface area contributed by atoms with Crippen LogP contribution in [0.25, 0.3) is 10.2 Å². The fraction of sp³-hybridized carbons (Fsp3) is 0.0588. The summed E-state index contributed by atoms with van der Waals surface area (Å²) in [7, 11) is 0. The van der Waals surface area contributed by atoms with Crippen molar-refractivity contribution < 1.29 is 4.79 Å². The first-order valence-corrected chi connectivity index (χ1v) is 7.93. The predicted octanol–water partition coefficient (Wildman–Crippen LogP) is 4.28. The molecule has 22 heavy (non-hydrogen) atoms. The van der Waals surface area contributed by atoms with Gasteiger partial charge in [-0.05, 0) is 24.3 Å². The smallest absolute Gasteiger partial charge is 0.281 e. The van der Waals surface area contributed by atoms with Gasteiger partial charge in [0, 0.05) is 6.54 Å². The Hall–Kier alpha value is -2.17. The Labute approximate surface area is 136 Å². The molecule has 0 fully saturated rings. The lowest BCUT2D eigenvalue weighted by atomic mass is 10.2. The van der Waals surface area contributed by atoms with Crippen LogP contribution in [0.3, 0.4) is 0 Å². The minimum Gasteiger partial charge on any atom is -0.312 e. The van der Waals surface area contributed by atoms with Crippen molar-refractivity contribution >= 4 is 39.1 Å². The monoisotopic (exact) mass is 328 g/mol. The highest BCUT2D eigenvalue weighted by molar-refractivity contribution is 7.16. The number of amides is 1. The molecule has 0 saturated heterocycles. The maximum absolute atomic E-state index is 12.4. The van der Waals surface area contributed by atoms with E-state index in [4.69, 9.17) is 11.6 Å². The first-order chi connectivity index (χ1) is 10.7. The molecule has 0 aliphatic rings. The van der Waals surface area contributed by atoms with Crippen LogP contribution in [0.1, 0.15) is 10.4 Å². The summed E-state index contributed by atoms with van der Waals surface area (Å²) in [5.74, 6) is -0.338. The minimum absolute atomic E-state index is 0.338. The lowest BCUT2D eigenvalue weighted by molar-refractivity contribution is 0.0998. The van der Waals surface area contributed by atoms with Crippen molar-refractivity contribution in [2.24, 2.45) is 4.99 Å². The number of carbonyl (C=O) groups is 1. The number of para-hydroxylation sites is 1. The van der Waals surface area contributed by atoms with Gasteiger partial charge in [-0.2, -0.15) is 4.99 Å². The lowest BCUT2D eigenvalue weighted by Crippen LogP contribution is -2.16. The second kappa shape index (κ2) is 6.30. The molecule has 0 atom stereocenters. The molecule has 2 aromatic carbocycles. The highest BCUT2D eigenvalue weighted by Gasteiger charge is 2.10. The number of thiazole rings is 1. The van der Waals surface area contributed by atoms with Gasteiger partial charge in [0.15, 0.2) is 4.80 Å². The zero-order valence-electron chi connectivity index (χ0n) is 11.7. The maximum Gasteiger partial charge on any atom is 0.281 e. The molecule has 3 rings (SSSR count). The largest absolute Gasteiger partial charge is 0.312 e. The maximum atomic E-state index is 12.4.